The molecule has 2 rings (SSSR count). The topological polar surface area (TPSA) is 0 Å². The van der Waals surface area contributed by atoms with Crippen molar-refractivity contribution < 1.29 is 0 Å². The van der Waals surface area contributed by atoms with Crippen molar-refractivity contribution >= 4 is 5.57 Å². The molecule has 26 heavy (non-hydrogen) atoms. The summed E-state index contributed by atoms with van der Waals surface area (Å²) >= 11 is 0. The van der Waals surface area contributed by atoms with Crippen LogP contribution in [0.5, 0.6) is 0 Å². The first-order valence-corrected chi connectivity index (χ1v) is 10.0. The molecular formula is C26H36. The number of hydrogen-bond acceptors (Lipinski definition) is 0. The quantitative estimate of drug-likeness (QED) is 0.382. The van der Waals surface area contributed by atoms with E-state index < -0.39 is 0 Å². The van der Waals surface area contributed by atoms with Gasteiger partial charge in [0.2, 0.25) is 0 Å². The van der Waals surface area contributed by atoms with Gasteiger partial charge >= 0.3 is 0 Å². The zero-order valence-electron chi connectivity index (χ0n) is 17.2. The molecule has 0 nitrogen and oxygen atoms in total. The number of rotatable bonds is 10. The molecule has 0 heterocycles. The van der Waals surface area contributed by atoms with E-state index in [0.717, 1.165) is 6.42 Å². The van der Waals surface area contributed by atoms with Crippen molar-refractivity contribution in [3.63, 3.8) is 0 Å². The molecule has 0 aliphatic rings. The van der Waals surface area contributed by atoms with Gasteiger partial charge in [0.05, 0.1) is 0 Å². The normalized spacial score (nSPS) is 12.2. The van der Waals surface area contributed by atoms with Gasteiger partial charge in [0, 0.05) is 0 Å². The highest BCUT2D eigenvalue weighted by molar-refractivity contribution is 5.63. The van der Waals surface area contributed by atoms with Gasteiger partial charge in [-0.2, -0.15) is 0 Å². The number of hydrogen-bond donors (Lipinski definition) is 0. The van der Waals surface area contributed by atoms with Gasteiger partial charge < -0.3 is 0 Å². The molecule has 0 aliphatic carbocycles. The molecule has 0 atom stereocenters. The van der Waals surface area contributed by atoms with E-state index in [4.69, 9.17) is 0 Å². The smallest absolute Gasteiger partial charge is 0.0227 e. The third-order valence-electron chi connectivity index (χ3n) is 5.36. The summed E-state index contributed by atoms with van der Waals surface area (Å²) in [6.45, 7) is 13.9. The van der Waals surface area contributed by atoms with E-state index in [-0.39, 0.29) is 0 Å². The lowest BCUT2D eigenvalue weighted by Gasteiger charge is -2.28. The van der Waals surface area contributed by atoms with E-state index in [2.05, 4.69) is 94.9 Å². The van der Waals surface area contributed by atoms with Gasteiger partial charge in [0.25, 0.3) is 0 Å². The van der Waals surface area contributed by atoms with Crippen LogP contribution in [0.2, 0.25) is 0 Å². The molecule has 0 N–H and O–H groups in total. The standard InChI is InChI=1S/C26H36/c1-22(24-16-10-7-11-17-24)20-25(2,3)18-12-13-19-26(4,5)21-23-14-8-6-9-15-23/h6-11,14-17H,1,12-13,18-21H2,2-5H3. The van der Waals surface area contributed by atoms with E-state index in [0.29, 0.717) is 10.8 Å². The third kappa shape index (κ3) is 7.20. The van der Waals surface area contributed by atoms with Crippen molar-refractivity contribution in [3.05, 3.63) is 78.4 Å². The van der Waals surface area contributed by atoms with E-state index in [1.807, 2.05) is 0 Å². The molecule has 0 spiro atoms. The molecule has 2 aromatic rings. The van der Waals surface area contributed by atoms with Crippen LogP contribution in [-0.4, -0.2) is 0 Å². The molecule has 2 aromatic carbocycles. The fraction of sp³-hybridized carbons (Fsp3) is 0.462. The van der Waals surface area contributed by atoms with E-state index in [1.165, 1.54) is 48.8 Å². The second-order valence-electron chi connectivity index (χ2n) is 9.34. The van der Waals surface area contributed by atoms with E-state index in [1.54, 1.807) is 0 Å². The first-order chi connectivity index (χ1) is 12.3. The summed E-state index contributed by atoms with van der Waals surface area (Å²) in [5, 5.41) is 0. The van der Waals surface area contributed by atoms with Crippen LogP contribution in [0.1, 0.15) is 70.9 Å². The Morgan fingerprint density at radius 1 is 0.731 bits per heavy atom. The lowest BCUT2D eigenvalue weighted by atomic mass is 9.77. The first-order valence-electron chi connectivity index (χ1n) is 10.0. The predicted molar refractivity (Wildman–Crippen MR) is 116 cm³/mol. The molecule has 0 saturated carbocycles. The van der Waals surface area contributed by atoms with Crippen LogP contribution in [0, 0.1) is 10.8 Å². The Hall–Kier alpha value is -1.82. The Morgan fingerprint density at radius 2 is 1.23 bits per heavy atom. The fourth-order valence-corrected chi connectivity index (χ4v) is 3.89. The second kappa shape index (κ2) is 9.21. The van der Waals surface area contributed by atoms with Crippen molar-refractivity contribution in [1.29, 1.82) is 0 Å². The Labute approximate surface area is 161 Å². The van der Waals surface area contributed by atoms with Gasteiger partial charge in [-0.15, -0.1) is 0 Å². The van der Waals surface area contributed by atoms with Crippen LogP contribution in [0.4, 0.5) is 0 Å². The van der Waals surface area contributed by atoms with Crippen molar-refractivity contribution in [2.75, 3.05) is 0 Å². The third-order valence-corrected chi connectivity index (χ3v) is 5.36. The van der Waals surface area contributed by atoms with Gasteiger partial charge in [0.15, 0.2) is 0 Å². The molecule has 0 saturated heterocycles. The monoisotopic (exact) mass is 348 g/mol. The van der Waals surface area contributed by atoms with Gasteiger partial charge in [-0.05, 0) is 53.2 Å². The van der Waals surface area contributed by atoms with Gasteiger partial charge in [-0.25, -0.2) is 0 Å². The minimum absolute atomic E-state index is 0.316. The minimum atomic E-state index is 0.316. The van der Waals surface area contributed by atoms with Crippen molar-refractivity contribution in [3.8, 4) is 0 Å². The number of unbranched alkanes of at least 4 members (excludes halogenated alkanes) is 1. The summed E-state index contributed by atoms with van der Waals surface area (Å²) in [7, 11) is 0. The summed E-state index contributed by atoms with van der Waals surface area (Å²) < 4.78 is 0. The molecule has 0 fully saturated rings. The summed E-state index contributed by atoms with van der Waals surface area (Å²) in [6.07, 6.45) is 7.40. The molecule has 0 aliphatic heterocycles. The van der Waals surface area contributed by atoms with Crippen LogP contribution in [0.25, 0.3) is 5.57 Å². The predicted octanol–water partition coefficient (Wildman–Crippen LogP) is 7.95. The number of benzene rings is 2. The Morgan fingerprint density at radius 3 is 1.81 bits per heavy atom. The van der Waals surface area contributed by atoms with Crippen molar-refractivity contribution in [2.45, 2.75) is 66.2 Å². The van der Waals surface area contributed by atoms with Crippen molar-refractivity contribution in [1.82, 2.24) is 0 Å². The van der Waals surface area contributed by atoms with Gasteiger partial charge in [-0.1, -0.05) is 108 Å². The minimum Gasteiger partial charge on any atom is -0.0952 e. The highest BCUT2D eigenvalue weighted by Gasteiger charge is 2.21. The summed E-state index contributed by atoms with van der Waals surface area (Å²) in [6, 6.07) is 21.5. The summed E-state index contributed by atoms with van der Waals surface area (Å²) in [5.74, 6) is 0. The zero-order chi connectivity index (χ0) is 19.0. The molecule has 140 valence electrons. The first kappa shape index (κ1) is 20.5. The van der Waals surface area contributed by atoms with E-state index in [9.17, 15) is 0 Å². The maximum atomic E-state index is 4.32. The van der Waals surface area contributed by atoms with Crippen molar-refractivity contribution in [2.24, 2.45) is 10.8 Å². The van der Waals surface area contributed by atoms with Crippen LogP contribution in [0.15, 0.2) is 67.2 Å². The Kier molecular flexibility index (Phi) is 7.26. The average Bonchev–Trinajstić information content (AvgIpc) is 2.60. The van der Waals surface area contributed by atoms with Crippen LogP contribution in [0.3, 0.4) is 0 Å². The van der Waals surface area contributed by atoms with Gasteiger partial charge in [0.1, 0.15) is 0 Å². The molecule has 0 aromatic heterocycles. The lowest BCUT2D eigenvalue weighted by molar-refractivity contribution is 0.286. The summed E-state index contributed by atoms with van der Waals surface area (Å²) in [4.78, 5) is 0. The molecule has 0 radical (unpaired) electrons. The van der Waals surface area contributed by atoms with Gasteiger partial charge in [-0.3, -0.25) is 0 Å². The van der Waals surface area contributed by atoms with Crippen LogP contribution < -0.4 is 0 Å². The molecule has 0 unspecified atom stereocenters. The maximum absolute atomic E-state index is 4.32. The Bertz CT molecular complexity index is 662. The maximum Gasteiger partial charge on any atom is -0.0227 e. The largest absolute Gasteiger partial charge is 0.0952 e. The molecule has 0 heteroatoms. The average molecular weight is 349 g/mol. The lowest BCUT2D eigenvalue weighted by Crippen LogP contribution is -2.16. The summed E-state index contributed by atoms with van der Waals surface area (Å²) in [5.41, 5.74) is 4.69. The van der Waals surface area contributed by atoms with E-state index >= 15 is 0 Å². The highest BCUT2D eigenvalue weighted by Crippen LogP contribution is 2.36. The zero-order valence-corrected chi connectivity index (χ0v) is 17.2. The molecule has 0 amide bonds. The SMILES string of the molecule is C=C(CC(C)(C)CCCCC(C)(C)Cc1ccccc1)c1ccccc1. The molecular weight excluding hydrogens is 312 g/mol. The van der Waals surface area contributed by atoms with Crippen LogP contribution >= 0.6 is 0 Å². The number of allylic oxidation sites excluding steroid dienone is 1. The fourth-order valence-electron chi connectivity index (χ4n) is 3.89. The Balaban J connectivity index is 1.74. The molecule has 0 bridgehead atoms. The van der Waals surface area contributed by atoms with Crippen LogP contribution in [-0.2, 0) is 6.42 Å². The highest BCUT2D eigenvalue weighted by atomic mass is 14.3. The second-order valence-corrected chi connectivity index (χ2v) is 9.34.